The van der Waals surface area contributed by atoms with Gasteiger partial charge in [-0.2, -0.15) is 0 Å². The third kappa shape index (κ3) is 14.4. The van der Waals surface area contributed by atoms with E-state index in [9.17, 15) is 39.0 Å². The number of hydrogen-bond acceptors (Lipinski definition) is 8. The second-order valence-electron chi connectivity index (χ2n) is 12.5. The molecule has 0 bridgehead atoms. The quantitative estimate of drug-likeness (QED) is 0.104. The van der Waals surface area contributed by atoms with E-state index in [0.717, 1.165) is 0 Å². The number of phenolic OH excluding ortho intramolecular Hbond substituents is 1. The summed E-state index contributed by atoms with van der Waals surface area (Å²) in [4.78, 5) is 76.3. The molecule has 0 aliphatic heterocycles. The molecule has 14 heteroatoms. The highest BCUT2D eigenvalue weighted by atomic mass is 16.4. The van der Waals surface area contributed by atoms with Crippen LogP contribution in [0.3, 0.4) is 0 Å². The van der Waals surface area contributed by atoms with Gasteiger partial charge in [-0.25, -0.2) is 4.79 Å². The molecule has 1 aromatic carbocycles. The molecule has 10 N–H and O–H groups in total. The highest BCUT2D eigenvalue weighted by Gasteiger charge is 2.33. The molecule has 0 aliphatic carbocycles. The van der Waals surface area contributed by atoms with E-state index >= 15 is 0 Å². The Kier molecular flexibility index (Phi) is 16.0. The number of benzene rings is 1. The highest BCUT2D eigenvalue weighted by molar-refractivity contribution is 5.95. The van der Waals surface area contributed by atoms with Crippen LogP contribution in [0, 0.1) is 17.8 Å². The maximum absolute atomic E-state index is 13.6. The van der Waals surface area contributed by atoms with Crippen molar-refractivity contribution in [2.45, 2.75) is 104 Å². The molecule has 0 saturated heterocycles. The fourth-order valence-electron chi connectivity index (χ4n) is 4.42. The lowest BCUT2D eigenvalue weighted by Gasteiger charge is -2.27. The first-order valence-electron chi connectivity index (χ1n) is 15.2. The van der Waals surface area contributed by atoms with Crippen LogP contribution in [0.1, 0.15) is 72.8 Å². The predicted molar refractivity (Wildman–Crippen MR) is 167 cm³/mol. The van der Waals surface area contributed by atoms with Gasteiger partial charge in [0.2, 0.25) is 29.5 Å². The molecule has 0 radical (unpaired) electrons. The summed E-state index contributed by atoms with van der Waals surface area (Å²) < 4.78 is 0. The molecule has 45 heavy (non-hydrogen) atoms. The number of aromatic hydroxyl groups is 1. The zero-order valence-corrected chi connectivity index (χ0v) is 27.0. The van der Waals surface area contributed by atoms with E-state index in [-0.39, 0.29) is 55.6 Å². The van der Waals surface area contributed by atoms with Crippen molar-refractivity contribution in [3.05, 3.63) is 29.8 Å². The molecule has 5 atom stereocenters. The van der Waals surface area contributed by atoms with Crippen LogP contribution in [0.5, 0.6) is 5.75 Å². The van der Waals surface area contributed by atoms with E-state index in [1.165, 1.54) is 12.1 Å². The lowest BCUT2D eigenvalue weighted by molar-refractivity contribution is -0.142. The van der Waals surface area contributed by atoms with Crippen LogP contribution in [0.2, 0.25) is 0 Å². The molecule has 252 valence electrons. The third-order valence-electron chi connectivity index (χ3n) is 7.00. The number of phenols is 1. The van der Waals surface area contributed by atoms with Gasteiger partial charge in [0, 0.05) is 12.8 Å². The molecule has 5 unspecified atom stereocenters. The normalized spacial score (nSPS) is 14.6. The van der Waals surface area contributed by atoms with Crippen molar-refractivity contribution in [1.29, 1.82) is 0 Å². The van der Waals surface area contributed by atoms with Crippen molar-refractivity contribution in [2.75, 3.05) is 0 Å². The van der Waals surface area contributed by atoms with Gasteiger partial charge in [0.1, 0.15) is 29.9 Å². The Balaban J connectivity index is 3.30. The summed E-state index contributed by atoms with van der Waals surface area (Å²) in [5, 5.41) is 29.6. The molecular weight excluding hydrogens is 584 g/mol. The van der Waals surface area contributed by atoms with Crippen LogP contribution in [0.15, 0.2) is 24.3 Å². The standard InChI is InChI=1S/C31H50N6O8/c1-16(2)13-22(35-27(40)21(11-12-25(32)39)34-30(43)26(33)18(5)6)28(41)36-23(15-19-7-9-20(38)10-8-19)29(42)37-24(31(44)45)14-17(3)4/h7-10,16-18,21-24,26,38H,11-15,33H2,1-6H3,(H2,32,39)(H,34,43)(H,35,40)(H,36,41)(H,37,42)(H,44,45). The van der Waals surface area contributed by atoms with Gasteiger partial charge in [0.15, 0.2) is 0 Å². The molecule has 1 rings (SSSR count). The van der Waals surface area contributed by atoms with Gasteiger partial charge in [-0.05, 0) is 54.7 Å². The molecule has 0 spiro atoms. The maximum atomic E-state index is 13.6. The van der Waals surface area contributed by atoms with Crippen LogP contribution in [-0.2, 0) is 35.2 Å². The number of nitrogens with two attached hydrogens (primary N) is 2. The lowest BCUT2D eigenvalue weighted by Crippen LogP contribution is -2.59. The van der Waals surface area contributed by atoms with Crippen molar-refractivity contribution >= 4 is 35.5 Å². The molecule has 0 aliphatic rings. The minimum absolute atomic E-state index is 0.00120. The number of amides is 5. The zero-order valence-electron chi connectivity index (χ0n) is 27.0. The van der Waals surface area contributed by atoms with Crippen molar-refractivity contribution in [1.82, 2.24) is 21.3 Å². The van der Waals surface area contributed by atoms with E-state index in [4.69, 9.17) is 11.5 Å². The van der Waals surface area contributed by atoms with Crippen LogP contribution < -0.4 is 32.7 Å². The van der Waals surface area contributed by atoms with Gasteiger partial charge in [0.05, 0.1) is 6.04 Å². The monoisotopic (exact) mass is 634 g/mol. The van der Waals surface area contributed by atoms with Crippen molar-refractivity contribution in [2.24, 2.45) is 29.2 Å². The van der Waals surface area contributed by atoms with E-state index < -0.39 is 65.7 Å². The predicted octanol–water partition coefficient (Wildman–Crippen LogP) is 0.300. The second-order valence-corrected chi connectivity index (χ2v) is 12.5. The summed E-state index contributed by atoms with van der Waals surface area (Å²) >= 11 is 0. The Labute approximate surface area is 264 Å². The van der Waals surface area contributed by atoms with E-state index in [0.29, 0.717) is 5.56 Å². The Hall–Kier alpha value is -4.20. The van der Waals surface area contributed by atoms with Crippen LogP contribution >= 0.6 is 0 Å². The summed E-state index contributed by atoms with van der Waals surface area (Å²) in [6, 6.07) is 0.208. The average molecular weight is 635 g/mol. The first-order valence-corrected chi connectivity index (χ1v) is 15.2. The largest absolute Gasteiger partial charge is 0.508 e. The Bertz CT molecular complexity index is 1170. The molecule has 0 heterocycles. The topological polar surface area (TPSA) is 243 Å². The zero-order chi connectivity index (χ0) is 34.4. The van der Waals surface area contributed by atoms with Crippen LogP contribution in [0.4, 0.5) is 0 Å². The van der Waals surface area contributed by atoms with Gasteiger partial charge < -0.3 is 42.9 Å². The van der Waals surface area contributed by atoms with Crippen LogP contribution in [0.25, 0.3) is 0 Å². The fourth-order valence-corrected chi connectivity index (χ4v) is 4.42. The summed E-state index contributed by atoms with van der Waals surface area (Å²) in [7, 11) is 0. The molecule has 0 aromatic heterocycles. The summed E-state index contributed by atoms with van der Waals surface area (Å²) in [6.07, 6.45) is -0.0823. The number of nitrogens with one attached hydrogen (secondary N) is 4. The number of rotatable bonds is 19. The van der Waals surface area contributed by atoms with E-state index in [2.05, 4.69) is 21.3 Å². The van der Waals surface area contributed by atoms with Crippen molar-refractivity contribution in [3.63, 3.8) is 0 Å². The number of aliphatic carboxylic acids is 1. The van der Waals surface area contributed by atoms with Gasteiger partial charge in [-0.3, -0.25) is 24.0 Å². The molecule has 0 fully saturated rings. The van der Waals surface area contributed by atoms with Gasteiger partial charge >= 0.3 is 5.97 Å². The first-order chi connectivity index (χ1) is 20.9. The van der Waals surface area contributed by atoms with E-state index in [1.807, 2.05) is 27.7 Å². The SMILES string of the molecule is CC(C)CC(NC(=O)C(Cc1ccc(O)cc1)NC(=O)C(CC(C)C)NC(=O)C(CCC(N)=O)NC(=O)C(N)C(C)C)C(=O)O. The first kappa shape index (κ1) is 38.8. The maximum Gasteiger partial charge on any atom is 0.326 e. The van der Waals surface area contributed by atoms with Crippen LogP contribution in [-0.4, -0.2) is 75.9 Å². The summed E-state index contributed by atoms with van der Waals surface area (Å²) in [5.41, 5.74) is 11.8. The minimum Gasteiger partial charge on any atom is -0.508 e. The van der Waals surface area contributed by atoms with Crippen molar-refractivity contribution in [3.8, 4) is 5.75 Å². The summed E-state index contributed by atoms with van der Waals surface area (Å²) in [6.45, 7) is 10.7. The molecular formula is C31H50N6O8. The summed E-state index contributed by atoms with van der Waals surface area (Å²) in [5.74, 6) is -5.10. The molecule has 0 saturated carbocycles. The Morgan fingerprint density at radius 2 is 1.13 bits per heavy atom. The van der Waals surface area contributed by atoms with Crippen molar-refractivity contribution < 1.29 is 39.0 Å². The number of carbonyl (C=O) groups is 6. The van der Waals surface area contributed by atoms with E-state index in [1.54, 1.807) is 26.0 Å². The smallest absolute Gasteiger partial charge is 0.326 e. The third-order valence-corrected chi connectivity index (χ3v) is 7.00. The lowest BCUT2D eigenvalue weighted by atomic mass is 9.99. The Morgan fingerprint density at radius 3 is 1.62 bits per heavy atom. The molecule has 14 nitrogen and oxygen atoms in total. The number of hydrogen-bond donors (Lipinski definition) is 8. The number of primary amides is 1. The van der Waals surface area contributed by atoms with Gasteiger partial charge in [-0.15, -0.1) is 0 Å². The van der Waals surface area contributed by atoms with Gasteiger partial charge in [0.25, 0.3) is 0 Å². The second kappa shape index (κ2) is 18.6. The number of carboxylic acids is 1. The average Bonchev–Trinajstić information content (AvgIpc) is 2.93. The minimum atomic E-state index is -1.24. The highest BCUT2D eigenvalue weighted by Crippen LogP contribution is 2.14. The Morgan fingerprint density at radius 1 is 0.689 bits per heavy atom. The number of carbonyl (C=O) groups excluding carboxylic acids is 5. The van der Waals surface area contributed by atoms with Gasteiger partial charge in [-0.1, -0.05) is 53.7 Å². The molecule has 5 amide bonds. The fraction of sp³-hybridized carbons (Fsp3) is 0.613. The molecule has 1 aromatic rings. The number of carboxylic acid groups (broad SMARTS) is 1.